The maximum atomic E-state index is 11.2. The van der Waals surface area contributed by atoms with E-state index in [2.05, 4.69) is 26.6 Å². The summed E-state index contributed by atoms with van der Waals surface area (Å²) in [6, 6.07) is 3.99. The van der Waals surface area contributed by atoms with Crippen LogP contribution in [0.1, 0.15) is 18.9 Å². The number of anilines is 1. The summed E-state index contributed by atoms with van der Waals surface area (Å²) >= 11 is 0. The Labute approximate surface area is 109 Å². The molecule has 1 amide bonds. The SMILES string of the molecule is CCNc1ncccc1CN(C)CCC(=O)NC. The van der Waals surface area contributed by atoms with Gasteiger partial charge in [0.05, 0.1) is 0 Å². The third-order valence-corrected chi connectivity index (χ3v) is 2.68. The van der Waals surface area contributed by atoms with E-state index >= 15 is 0 Å². The molecule has 0 aliphatic heterocycles. The van der Waals surface area contributed by atoms with Crippen molar-refractivity contribution in [3.63, 3.8) is 0 Å². The third-order valence-electron chi connectivity index (χ3n) is 2.68. The largest absolute Gasteiger partial charge is 0.370 e. The second-order valence-electron chi connectivity index (χ2n) is 4.20. The fourth-order valence-electron chi connectivity index (χ4n) is 1.68. The fraction of sp³-hybridized carbons (Fsp3) is 0.538. The summed E-state index contributed by atoms with van der Waals surface area (Å²) in [7, 11) is 3.67. The van der Waals surface area contributed by atoms with Gasteiger partial charge >= 0.3 is 0 Å². The maximum absolute atomic E-state index is 11.2. The van der Waals surface area contributed by atoms with Gasteiger partial charge < -0.3 is 15.5 Å². The van der Waals surface area contributed by atoms with Crippen molar-refractivity contribution in [2.45, 2.75) is 19.9 Å². The molecule has 0 radical (unpaired) electrons. The maximum Gasteiger partial charge on any atom is 0.221 e. The first-order valence-corrected chi connectivity index (χ1v) is 6.24. The average molecular weight is 250 g/mol. The predicted molar refractivity (Wildman–Crippen MR) is 73.4 cm³/mol. The van der Waals surface area contributed by atoms with Crippen molar-refractivity contribution >= 4 is 11.7 Å². The number of carbonyl (C=O) groups is 1. The Hall–Kier alpha value is -1.62. The molecule has 1 aromatic rings. The molecule has 0 aliphatic carbocycles. The van der Waals surface area contributed by atoms with Crippen LogP contribution in [0.25, 0.3) is 0 Å². The summed E-state index contributed by atoms with van der Waals surface area (Å²) in [6.07, 6.45) is 2.30. The second kappa shape index (κ2) is 7.66. The average Bonchev–Trinajstić information content (AvgIpc) is 2.38. The van der Waals surface area contributed by atoms with E-state index in [0.29, 0.717) is 6.42 Å². The molecule has 1 aromatic heterocycles. The molecular weight excluding hydrogens is 228 g/mol. The van der Waals surface area contributed by atoms with Crippen LogP contribution in [-0.4, -0.2) is 43.0 Å². The Morgan fingerprint density at radius 2 is 2.28 bits per heavy atom. The lowest BCUT2D eigenvalue weighted by Crippen LogP contribution is -2.26. The molecule has 0 saturated carbocycles. The Balaban J connectivity index is 2.53. The van der Waals surface area contributed by atoms with Crippen LogP contribution in [0.2, 0.25) is 0 Å². The van der Waals surface area contributed by atoms with Gasteiger partial charge in [0.2, 0.25) is 5.91 Å². The van der Waals surface area contributed by atoms with Crippen LogP contribution < -0.4 is 10.6 Å². The van der Waals surface area contributed by atoms with Crippen LogP contribution >= 0.6 is 0 Å². The highest BCUT2D eigenvalue weighted by molar-refractivity contribution is 5.75. The molecule has 0 fully saturated rings. The standard InChI is InChI=1S/C13H22N4O/c1-4-15-13-11(6-5-8-16-13)10-17(3)9-7-12(18)14-2/h5-6,8H,4,7,9-10H2,1-3H3,(H,14,18)(H,15,16). The molecule has 0 unspecified atom stereocenters. The Morgan fingerprint density at radius 3 is 2.94 bits per heavy atom. The van der Waals surface area contributed by atoms with Gasteiger partial charge in [-0.2, -0.15) is 0 Å². The van der Waals surface area contributed by atoms with Gasteiger partial charge in [-0.15, -0.1) is 0 Å². The van der Waals surface area contributed by atoms with Gasteiger partial charge in [0.1, 0.15) is 5.82 Å². The number of aromatic nitrogens is 1. The lowest BCUT2D eigenvalue weighted by Gasteiger charge is -2.18. The van der Waals surface area contributed by atoms with E-state index in [-0.39, 0.29) is 5.91 Å². The molecule has 0 aromatic carbocycles. The van der Waals surface area contributed by atoms with Gasteiger partial charge in [0.15, 0.2) is 0 Å². The molecule has 5 nitrogen and oxygen atoms in total. The van der Waals surface area contributed by atoms with Crippen LogP contribution in [0, 0.1) is 0 Å². The van der Waals surface area contributed by atoms with Crippen LogP contribution in [0.5, 0.6) is 0 Å². The van der Waals surface area contributed by atoms with Crippen LogP contribution in [0.15, 0.2) is 18.3 Å². The number of hydrogen-bond donors (Lipinski definition) is 2. The lowest BCUT2D eigenvalue weighted by molar-refractivity contribution is -0.120. The number of nitrogens with one attached hydrogen (secondary N) is 2. The molecule has 2 N–H and O–H groups in total. The quantitative estimate of drug-likeness (QED) is 0.760. The molecule has 18 heavy (non-hydrogen) atoms. The molecular formula is C13H22N4O. The van der Waals surface area contributed by atoms with Crippen molar-refractivity contribution in [2.24, 2.45) is 0 Å². The van der Waals surface area contributed by atoms with Crippen molar-refractivity contribution in [3.05, 3.63) is 23.9 Å². The minimum absolute atomic E-state index is 0.0694. The summed E-state index contributed by atoms with van der Waals surface area (Å²) in [4.78, 5) is 17.6. The van der Waals surface area contributed by atoms with Gasteiger partial charge in [-0.1, -0.05) is 6.07 Å². The molecule has 100 valence electrons. The van der Waals surface area contributed by atoms with E-state index in [1.54, 1.807) is 13.2 Å². The highest BCUT2D eigenvalue weighted by atomic mass is 16.1. The summed E-state index contributed by atoms with van der Waals surface area (Å²) in [6.45, 7) is 4.42. The van der Waals surface area contributed by atoms with E-state index in [1.807, 2.05) is 20.0 Å². The molecule has 0 bridgehead atoms. The number of hydrogen-bond acceptors (Lipinski definition) is 4. The first kappa shape index (κ1) is 14.4. The van der Waals surface area contributed by atoms with Gasteiger partial charge in [-0.25, -0.2) is 4.98 Å². The van der Waals surface area contributed by atoms with Crippen LogP contribution in [0.4, 0.5) is 5.82 Å². The topological polar surface area (TPSA) is 57.3 Å². The van der Waals surface area contributed by atoms with Crippen LogP contribution in [0.3, 0.4) is 0 Å². The number of pyridine rings is 1. The van der Waals surface area contributed by atoms with Gasteiger partial charge in [-0.05, 0) is 20.0 Å². The predicted octanol–water partition coefficient (Wildman–Crippen LogP) is 1.08. The van der Waals surface area contributed by atoms with Gasteiger partial charge in [-0.3, -0.25) is 4.79 Å². The summed E-state index contributed by atoms with van der Waals surface area (Å²) in [5.74, 6) is 0.992. The smallest absolute Gasteiger partial charge is 0.221 e. The first-order valence-electron chi connectivity index (χ1n) is 6.24. The zero-order valence-corrected chi connectivity index (χ0v) is 11.4. The third kappa shape index (κ3) is 4.71. The highest BCUT2D eigenvalue weighted by Gasteiger charge is 2.07. The molecule has 5 heteroatoms. The summed E-state index contributed by atoms with van der Waals surface area (Å²) < 4.78 is 0. The first-order chi connectivity index (χ1) is 8.67. The fourth-order valence-corrected chi connectivity index (χ4v) is 1.68. The second-order valence-corrected chi connectivity index (χ2v) is 4.20. The molecule has 0 saturated heterocycles. The van der Waals surface area contributed by atoms with E-state index < -0.39 is 0 Å². The summed E-state index contributed by atoms with van der Waals surface area (Å²) in [5.41, 5.74) is 1.15. The Kier molecular flexibility index (Phi) is 6.14. The van der Waals surface area contributed by atoms with E-state index in [4.69, 9.17) is 0 Å². The van der Waals surface area contributed by atoms with Crippen molar-refractivity contribution in [3.8, 4) is 0 Å². The van der Waals surface area contributed by atoms with E-state index in [0.717, 1.165) is 31.0 Å². The van der Waals surface area contributed by atoms with Crippen molar-refractivity contribution in [2.75, 3.05) is 32.5 Å². The molecule has 0 atom stereocenters. The monoisotopic (exact) mass is 250 g/mol. The highest BCUT2D eigenvalue weighted by Crippen LogP contribution is 2.13. The molecule has 0 aliphatic rings. The number of rotatable bonds is 7. The molecule has 1 rings (SSSR count). The number of amides is 1. The number of nitrogens with zero attached hydrogens (tertiary/aromatic N) is 2. The van der Waals surface area contributed by atoms with E-state index in [9.17, 15) is 4.79 Å². The Morgan fingerprint density at radius 1 is 1.50 bits per heavy atom. The minimum Gasteiger partial charge on any atom is -0.370 e. The normalized spacial score (nSPS) is 10.4. The molecule has 1 heterocycles. The van der Waals surface area contributed by atoms with Crippen molar-refractivity contribution in [1.82, 2.24) is 15.2 Å². The number of carbonyl (C=O) groups excluding carboxylic acids is 1. The van der Waals surface area contributed by atoms with Crippen molar-refractivity contribution in [1.29, 1.82) is 0 Å². The van der Waals surface area contributed by atoms with Crippen LogP contribution in [-0.2, 0) is 11.3 Å². The minimum atomic E-state index is 0.0694. The zero-order chi connectivity index (χ0) is 13.4. The van der Waals surface area contributed by atoms with E-state index in [1.165, 1.54) is 0 Å². The Bertz CT molecular complexity index is 381. The lowest BCUT2D eigenvalue weighted by atomic mass is 10.2. The zero-order valence-electron chi connectivity index (χ0n) is 11.4. The molecule has 0 spiro atoms. The van der Waals surface area contributed by atoms with Gasteiger partial charge in [0, 0.05) is 44.9 Å². The van der Waals surface area contributed by atoms with Gasteiger partial charge in [0.25, 0.3) is 0 Å². The van der Waals surface area contributed by atoms with Crippen molar-refractivity contribution < 1.29 is 4.79 Å². The summed E-state index contributed by atoms with van der Waals surface area (Å²) in [5, 5.41) is 5.87.